The van der Waals surface area contributed by atoms with E-state index in [1.165, 1.54) is 0 Å². The van der Waals surface area contributed by atoms with Crippen LogP contribution in [0.1, 0.15) is 10.4 Å². The predicted octanol–water partition coefficient (Wildman–Crippen LogP) is 1.29. The first-order valence-electron chi connectivity index (χ1n) is 4.20. The van der Waals surface area contributed by atoms with Gasteiger partial charge < -0.3 is 0 Å². The normalized spacial score (nSPS) is 10.1. The lowest BCUT2D eigenvalue weighted by Crippen LogP contribution is -1.91. The smallest absolute Gasteiger partial charge is 0.150 e. The molecule has 4 nitrogen and oxygen atoms in total. The predicted molar refractivity (Wildman–Crippen MR) is 51.8 cm³/mol. The van der Waals surface area contributed by atoms with Gasteiger partial charge in [-0.1, -0.05) is 0 Å². The van der Waals surface area contributed by atoms with E-state index in [-0.39, 0.29) is 0 Å². The van der Waals surface area contributed by atoms with Crippen molar-refractivity contribution in [3.05, 3.63) is 36.3 Å². The van der Waals surface area contributed by atoms with Crippen molar-refractivity contribution in [3.8, 4) is 11.3 Å². The van der Waals surface area contributed by atoms with E-state index < -0.39 is 0 Å². The zero-order valence-corrected chi connectivity index (χ0v) is 7.71. The van der Waals surface area contributed by atoms with Gasteiger partial charge in [-0.15, -0.1) is 0 Å². The molecule has 14 heavy (non-hydrogen) atoms. The molecule has 0 saturated heterocycles. The van der Waals surface area contributed by atoms with Gasteiger partial charge >= 0.3 is 0 Å². The minimum absolute atomic E-state index is 0.610. The summed E-state index contributed by atoms with van der Waals surface area (Å²) in [6.07, 6.45) is 5.88. The number of nitrogens with zero attached hydrogens (tertiary/aromatic N) is 3. The molecule has 0 aliphatic carbocycles. The molecule has 4 heteroatoms. The summed E-state index contributed by atoms with van der Waals surface area (Å²) >= 11 is 0. The number of aryl methyl sites for hydroxylation is 1. The Bertz CT molecular complexity index is 462. The fraction of sp³-hybridized carbons (Fsp3) is 0.100. The van der Waals surface area contributed by atoms with Crippen molar-refractivity contribution in [2.45, 2.75) is 0 Å². The maximum absolute atomic E-state index is 10.7. The van der Waals surface area contributed by atoms with Crippen LogP contribution in [-0.2, 0) is 7.05 Å². The first-order valence-corrected chi connectivity index (χ1v) is 4.20. The largest absolute Gasteiger partial charge is 0.298 e. The molecule has 0 bridgehead atoms. The highest BCUT2D eigenvalue weighted by Crippen LogP contribution is 2.18. The third kappa shape index (κ3) is 1.42. The molecule has 0 saturated carbocycles. The molecule has 2 heterocycles. The van der Waals surface area contributed by atoms with E-state index in [0.29, 0.717) is 5.56 Å². The summed E-state index contributed by atoms with van der Waals surface area (Å²) in [7, 11) is 1.83. The van der Waals surface area contributed by atoms with Gasteiger partial charge in [0.05, 0.1) is 5.69 Å². The SMILES string of the molecule is Cn1ccc(-c2cnccc2C=O)n1. The van der Waals surface area contributed by atoms with E-state index in [4.69, 9.17) is 0 Å². The number of hydrogen-bond acceptors (Lipinski definition) is 3. The van der Waals surface area contributed by atoms with Crippen molar-refractivity contribution < 1.29 is 4.79 Å². The van der Waals surface area contributed by atoms with Crippen LogP contribution < -0.4 is 0 Å². The van der Waals surface area contributed by atoms with Gasteiger partial charge in [0.1, 0.15) is 0 Å². The molecular weight excluding hydrogens is 178 g/mol. The van der Waals surface area contributed by atoms with Crippen LogP contribution in [0.15, 0.2) is 30.7 Å². The van der Waals surface area contributed by atoms with E-state index in [1.54, 1.807) is 23.1 Å². The van der Waals surface area contributed by atoms with Crippen LogP contribution in [-0.4, -0.2) is 21.1 Å². The summed E-state index contributed by atoms with van der Waals surface area (Å²) in [4.78, 5) is 14.7. The van der Waals surface area contributed by atoms with Gasteiger partial charge in [0.25, 0.3) is 0 Å². The molecule has 0 N–H and O–H groups in total. The maximum atomic E-state index is 10.7. The number of aldehydes is 1. The number of carbonyl (C=O) groups excluding carboxylic acids is 1. The van der Waals surface area contributed by atoms with Crippen molar-refractivity contribution in [2.24, 2.45) is 7.05 Å². The topological polar surface area (TPSA) is 47.8 Å². The molecule has 0 amide bonds. The first kappa shape index (κ1) is 8.62. The fourth-order valence-electron chi connectivity index (χ4n) is 1.28. The average molecular weight is 187 g/mol. The van der Waals surface area contributed by atoms with E-state index in [9.17, 15) is 4.79 Å². The summed E-state index contributed by atoms with van der Waals surface area (Å²) in [5.41, 5.74) is 2.14. The average Bonchev–Trinajstić information content (AvgIpc) is 2.65. The van der Waals surface area contributed by atoms with Gasteiger partial charge in [0.15, 0.2) is 6.29 Å². The Kier molecular flexibility index (Phi) is 2.10. The highest BCUT2D eigenvalue weighted by Gasteiger charge is 2.06. The molecule has 0 radical (unpaired) electrons. The van der Waals surface area contributed by atoms with Gasteiger partial charge in [-0.25, -0.2) is 0 Å². The van der Waals surface area contributed by atoms with Crippen LogP contribution in [0.3, 0.4) is 0 Å². The number of pyridine rings is 1. The summed E-state index contributed by atoms with van der Waals surface area (Å²) in [5, 5.41) is 4.21. The monoisotopic (exact) mass is 187 g/mol. The first-order chi connectivity index (χ1) is 6.81. The van der Waals surface area contributed by atoms with Crippen LogP contribution >= 0.6 is 0 Å². The number of carbonyl (C=O) groups is 1. The molecule has 0 aliphatic rings. The number of hydrogen-bond donors (Lipinski definition) is 0. The van der Waals surface area contributed by atoms with Crippen LogP contribution in [0.25, 0.3) is 11.3 Å². The second-order valence-electron chi connectivity index (χ2n) is 2.96. The Hall–Kier alpha value is -1.97. The lowest BCUT2D eigenvalue weighted by Gasteiger charge is -1.98. The van der Waals surface area contributed by atoms with Gasteiger partial charge in [0.2, 0.25) is 0 Å². The highest BCUT2D eigenvalue weighted by atomic mass is 16.1. The zero-order valence-electron chi connectivity index (χ0n) is 7.71. The van der Waals surface area contributed by atoms with Crippen LogP contribution in [0.4, 0.5) is 0 Å². The molecule has 70 valence electrons. The van der Waals surface area contributed by atoms with Crippen LogP contribution in [0.2, 0.25) is 0 Å². The molecule has 2 aromatic rings. The molecule has 0 aliphatic heterocycles. The molecule has 2 aromatic heterocycles. The van der Waals surface area contributed by atoms with E-state index in [1.807, 2.05) is 19.3 Å². The lowest BCUT2D eigenvalue weighted by molar-refractivity contribution is 0.112. The number of aromatic nitrogens is 3. The molecule has 0 atom stereocenters. The van der Waals surface area contributed by atoms with Crippen molar-refractivity contribution in [1.82, 2.24) is 14.8 Å². The molecule has 0 unspecified atom stereocenters. The van der Waals surface area contributed by atoms with Crippen molar-refractivity contribution >= 4 is 6.29 Å². The molecule has 0 aromatic carbocycles. The number of rotatable bonds is 2. The summed E-state index contributed by atoms with van der Waals surface area (Å²) in [6.45, 7) is 0. The van der Waals surface area contributed by atoms with E-state index >= 15 is 0 Å². The highest BCUT2D eigenvalue weighted by molar-refractivity contribution is 5.85. The summed E-state index contributed by atoms with van der Waals surface area (Å²) in [5.74, 6) is 0. The molecule has 2 rings (SSSR count). The van der Waals surface area contributed by atoms with Crippen LogP contribution in [0.5, 0.6) is 0 Å². The van der Waals surface area contributed by atoms with Gasteiger partial charge in [-0.2, -0.15) is 5.10 Å². The van der Waals surface area contributed by atoms with Crippen molar-refractivity contribution in [3.63, 3.8) is 0 Å². The minimum Gasteiger partial charge on any atom is -0.298 e. The lowest BCUT2D eigenvalue weighted by atomic mass is 10.1. The van der Waals surface area contributed by atoms with E-state index in [2.05, 4.69) is 10.1 Å². The minimum atomic E-state index is 0.610. The zero-order chi connectivity index (χ0) is 9.97. The van der Waals surface area contributed by atoms with Gasteiger partial charge in [-0.05, 0) is 12.1 Å². The molecule has 0 fully saturated rings. The molecular formula is C10H9N3O. The van der Waals surface area contributed by atoms with Crippen molar-refractivity contribution in [1.29, 1.82) is 0 Å². The summed E-state index contributed by atoms with van der Waals surface area (Å²) < 4.78 is 1.69. The third-order valence-electron chi connectivity index (χ3n) is 1.97. The molecule has 0 spiro atoms. The Morgan fingerprint density at radius 3 is 2.93 bits per heavy atom. The summed E-state index contributed by atoms with van der Waals surface area (Å²) in [6, 6.07) is 3.53. The third-order valence-corrected chi connectivity index (χ3v) is 1.97. The second kappa shape index (κ2) is 3.41. The van der Waals surface area contributed by atoms with Gasteiger partial charge in [-0.3, -0.25) is 14.5 Å². The Morgan fingerprint density at radius 2 is 2.29 bits per heavy atom. The van der Waals surface area contributed by atoms with Crippen molar-refractivity contribution in [2.75, 3.05) is 0 Å². The Balaban J connectivity index is 2.55. The quantitative estimate of drug-likeness (QED) is 0.665. The maximum Gasteiger partial charge on any atom is 0.150 e. The Labute approximate surface area is 81.2 Å². The van der Waals surface area contributed by atoms with Gasteiger partial charge in [0, 0.05) is 36.8 Å². The standard InChI is InChI=1S/C10H9N3O/c1-13-5-3-10(12-13)9-6-11-4-2-8(9)7-14/h2-7H,1H3. The van der Waals surface area contributed by atoms with E-state index in [0.717, 1.165) is 17.5 Å². The second-order valence-corrected chi connectivity index (χ2v) is 2.96. The fourth-order valence-corrected chi connectivity index (χ4v) is 1.28. The van der Waals surface area contributed by atoms with Crippen LogP contribution in [0, 0.1) is 0 Å². The Morgan fingerprint density at radius 1 is 1.43 bits per heavy atom.